The van der Waals surface area contributed by atoms with Crippen molar-refractivity contribution < 1.29 is 0 Å². The second-order valence-electron chi connectivity index (χ2n) is 15.1. The van der Waals surface area contributed by atoms with Gasteiger partial charge in [-0.2, -0.15) is 0 Å². The molecule has 12 rings (SSSR count). The fourth-order valence-electron chi connectivity index (χ4n) is 10.0. The van der Waals surface area contributed by atoms with Crippen molar-refractivity contribution in [2.24, 2.45) is 0 Å². The number of hydrogen-bond acceptors (Lipinski definition) is 4. The average Bonchev–Trinajstić information content (AvgIpc) is 3.89. The van der Waals surface area contributed by atoms with Gasteiger partial charge in [0.1, 0.15) is 0 Å². The highest BCUT2D eigenvalue weighted by Gasteiger charge is 2.54. The van der Waals surface area contributed by atoms with Gasteiger partial charge in [-0.1, -0.05) is 182 Å². The van der Waals surface area contributed by atoms with Gasteiger partial charge in [-0.15, -0.1) is 0 Å². The van der Waals surface area contributed by atoms with Gasteiger partial charge in [0.05, 0.1) is 17.1 Å². The lowest BCUT2D eigenvalue weighted by Crippen LogP contribution is -2.29. The zero-order valence-electron chi connectivity index (χ0n) is 30.4. The molecule has 0 bridgehead atoms. The van der Waals surface area contributed by atoms with Crippen molar-refractivity contribution in [3.63, 3.8) is 0 Å². The maximum absolute atomic E-state index is 5.11. The van der Waals surface area contributed by atoms with Crippen LogP contribution in [0.5, 0.6) is 0 Å². The van der Waals surface area contributed by atoms with E-state index in [4.69, 9.17) is 15.0 Å². The number of nitrogens with zero attached hydrogens (tertiary/aromatic N) is 4. The predicted molar refractivity (Wildman–Crippen MR) is 226 cm³/mol. The standard InChI is InChI=1S/C52H34N4/c1-3-16-33(17-4-1)49-53-50(34-18-5-2-6-19-34)55-51(54-49)35-20-15-21-36(32-35)56-46-29-14-10-24-39(46)40-30-31-45-47(48(40)56)41-25-9-13-28-44(41)52(45)42-26-11-7-22-37(42)38-23-8-12-27-43(38)52/h1-32,39,46H. The molecule has 1 spiro atoms. The summed E-state index contributed by atoms with van der Waals surface area (Å²) in [5, 5.41) is 0. The van der Waals surface area contributed by atoms with E-state index in [1.807, 2.05) is 36.4 Å². The van der Waals surface area contributed by atoms with Crippen molar-refractivity contribution in [1.29, 1.82) is 0 Å². The molecule has 262 valence electrons. The van der Waals surface area contributed by atoms with Crippen LogP contribution in [-0.2, 0) is 5.41 Å². The van der Waals surface area contributed by atoms with E-state index < -0.39 is 5.41 Å². The van der Waals surface area contributed by atoms with Gasteiger partial charge in [-0.25, -0.2) is 15.0 Å². The molecule has 4 aliphatic rings. The molecule has 1 aromatic heterocycles. The molecule has 0 saturated heterocycles. The minimum atomic E-state index is -0.409. The summed E-state index contributed by atoms with van der Waals surface area (Å²) >= 11 is 0. The molecule has 0 radical (unpaired) electrons. The van der Waals surface area contributed by atoms with E-state index in [1.54, 1.807) is 0 Å². The Morgan fingerprint density at radius 2 is 0.946 bits per heavy atom. The number of allylic oxidation sites excluding steroid dienone is 2. The summed E-state index contributed by atoms with van der Waals surface area (Å²) in [7, 11) is 0. The van der Waals surface area contributed by atoms with Crippen molar-refractivity contribution in [1.82, 2.24) is 15.0 Å². The van der Waals surface area contributed by atoms with Gasteiger partial charge in [0, 0.05) is 33.9 Å². The summed E-state index contributed by atoms with van der Waals surface area (Å²) in [6.45, 7) is 0. The quantitative estimate of drug-likeness (QED) is 0.182. The second-order valence-corrected chi connectivity index (χ2v) is 15.1. The summed E-state index contributed by atoms with van der Waals surface area (Å²) in [5.41, 5.74) is 16.9. The second kappa shape index (κ2) is 11.9. The van der Waals surface area contributed by atoms with E-state index in [0.717, 1.165) is 22.4 Å². The monoisotopic (exact) mass is 714 g/mol. The Balaban J connectivity index is 1.09. The van der Waals surface area contributed by atoms with E-state index in [-0.39, 0.29) is 12.0 Å². The summed E-state index contributed by atoms with van der Waals surface area (Å²) in [5.74, 6) is 2.17. The third-order valence-electron chi connectivity index (χ3n) is 12.3. The normalized spacial score (nSPS) is 17.2. The topological polar surface area (TPSA) is 41.9 Å². The number of fused-ring (bicyclic) bond motifs is 14. The third kappa shape index (κ3) is 4.27. The van der Waals surface area contributed by atoms with Crippen LogP contribution in [0.1, 0.15) is 33.7 Å². The maximum Gasteiger partial charge on any atom is 0.164 e. The predicted octanol–water partition coefficient (Wildman–Crippen LogP) is 11.9. The van der Waals surface area contributed by atoms with Gasteiger partial charge in [-0.05, 0) is 56.6 Å². The Bertz CT molecular complexity index is 2840. The van der Waals surface area contributed by atoms with E-state index in [9.17, 15) is 0 Å². The highest BCUT2D eigenvalue weighted by atomic mass is 15.2. The Morgan fingerprint density at radius 3 is 1.59 bits per heavy atom. The van der Waals surface area contributed by atoms with Gasteiger partial charge in [0.15, 0.2) is 17.5 Å². The van der Waals surface area contributed by atoms with E-state index in [1.165, 1.54) is 55.8 Å². The molecule has 2 heterocycles. The van der Waals surface area contributed by atoms with Gasteiger partial charge in [0.2, 0.25) is 0 Å². The zero-order valence-corrected chi connectivity index (χ0v) is 30.4. The van der Waals surface area contributed by atoms with Crippen LogP contribution in [0, 0.1) is 0 Å². The Morgan fingerprint density at radius 1 is 0.429 bits per heavy atom. The minimum Gasteiger partial charge on any atom is -0.333 e. The van der Waals surface area contributed by atoms with Crippen LogP contribution < -0.4 is 4.90 Å². The molecular formula is C52H34N4. The zero-order chi connectivity index (χ0) is 36.8. The molecule has 0 amide bonds. The first kappa shape index (κ1) is 31.2. The van der Waals surface area contributed by atoms with Crippen molar-refractivity contribution >= 4 is 11.4 Å². The fourth-order valence-corrected chi connectivity index (χ4v) is 10.0. The number of aromatic nitrogens is 3. The van der Waals surface area contributed by atoms with Crippen molar-refractivity contribution in [2.75, 3.05) is 4.90 Å². The SMILES string of the molecule is C1=CC2c3ccc4c(c3N(c3cccc(-c5nc(-c6ccccc6)nc(-c6ccccc6)n5)c3)C2C=C1)-c1ccccc1C41c2ccccc2-c2ccccc21. The van der Waals surface area contributed by atoms with Crippen molar-refractivity contribution in [3.8, 4) is 56.4 Å². The molecule has 4 heteroatoms. The van der Waals surface area contributed by atoms with Gasteiger partial charge in [0.25, 0.3) is 0 Å². The fraction of sp³-hybridized carbons (Fsp3) is 0.0577. The average molecular weight is 715 g/mol. The number of hydrogen-bond donors (Lipinski definition) is 0. The van der Waals surface area contributed by atoms with Gasteiger partial charge in [-0.3, -0.25) is 0 Å². The number of benzene rings is 7. The van der Waals surface area contributed by atoms with Crippen LogP contribution >= 0.6 is 0 Å². The van der Waals surface area contributed by atoms with Crippen LogP contribution in [0.2, 0.25) is 0 Å². The Kier molecular flexibility index (Phi) is 6.64. The highest BCUT2D eigenvalue weighted by molar-refractivity contribution is 6.02. The highest BCUT2D eigenvalue weighted by Crippen LogP contribution is 2.66. The molecule has 2 unspecified atom stereocenters. The Labute approximate surface area is 325 Å². The molecule has 2 atom stereocenters. The molecule has 1 aliphatic heterocycles. The largest absolute Gasteiger partial charge is 0.333 e. The van der Waals surface area contributed by atoms with Crippen LogP contribution in [0.4, 0.5) is 11.4 Å². The Hall–Kier alpha value is -7.17. The van der Waals surface area contributed by atoms with Crippen LogP contribution in [0.3, 0.4) is 0 Å². The molecule has 4 nitrogen and oxygen atoms in total. The first-order valence-corrected chi connectivity index (χ1v) is 19.4. The van der Waals surface area contributed by atoms with E-state index in [0.29, 0.717) is 17.5 Å². The molecule has 0 saturated carbocycles. The number of rotatable bonds is 4. The summed E-state index contributed by atoms with van der Waals surface area (Å²) in [6.07, 6.45) is 9.15. The van der Waals surface area contributed by atoms with Crippen molar-refractivity contribution in [3.05, 3.63) is 222 Å². The van der Waals surface area contributed by atoms with E-state index >= 15 is 0 Å². The lowest BCUT2D eigenvalue weighted by Gasteiger charge is -2.31. The van der Waals surface area contributed by atoms with Crippen LogP contribution in [-0.4, -0.2) is 21.0 Å². The van der Waals surface area contributed by atoms with Gasteiger partial charge >= 0.3 is 0 Å². The summed E-state index contributed by atoms with van der Waals surface area (Å²) in [6, 6.07) is 61.3. The summed E-state index contributed by atoms with van der Waals surface area (Å²) in [4.78, 5) is 17.8. The molecule has 0 fully saturated rings. The lowest BCUT2D eigenvalue weighted by molar-refractivity contribution is 0.745. The lowest BCUT2D eigenvalue weighted by atomic mass is 9.70. The smallest absolute Gasteiger partial charge is 0.164 e. The maximum atomic E-state index is 5.11. The van der Waals surface area contributed by atoms with Crippen LogP contribution in [0.25, 0.3) is 56.4 Å². The third-order valence-corrected chi connectivity index (χ3v) is 12.3. The molecule has 8 aromatic rings. The summed E-state index contributed by atoms with van der Waals surface area (Å²) < 4.78 is 0. The molecule has 0 N–H and O–H groups in total. The molecule has 56 heavy (non-hydrogen) atoms. The first-order valence-electron chi connectivity index (χ1n) is 19.4. The van der Waals surface area contributed by atoms with Gasteiger partial charge < -0.3 is 4.90 Å². The molecule has 7 aromatic carbocycles. The minimum absolute atomic E-state index is 0.113. The van der Waals surface area contributed by atoms with E-state index in [2.05, 4.69) is 163 Å². The van der Waals surface area contributed by atoms with Crippen LogP contribution in [0.15, 0.2) is 194 Å². The molecule has 3 aliphatic carbocycles. The number of anilines is 2. The molecular weight excluding hydrogens is 681 g/mol. The van der Waals surface area contributed by atoms with Crippen molar-refractivity contribution in [2.45, 2.75) is 17.4 Å². The first-order chi connectivity index (χ1) is 27.8.